The van der Waals surface area contributed by atoms with Gasteiger partial charge in [-0.2, -0.15) is 0 Å². The fraction of sp³-hybridized carbons (Fsp3) is 0.846. The van der Waals surface area contributed by atoms with E-state index in [4.69, 9.17) is 5.11 Å². The van der Waals surface area contributed by atoms with Crippen molar-refractivity contribution in [3.05, 3.63) is 0 Å². The number of amides is 2. The molecule has 0 aromatic carbocycles. The van der Waals surface area contributed by atoms with Crippen molar-refractivity contribution in [2.24, 2.45) is 11.8 Å². The van der Waals surface area contributed by atoms with Crippen molar-refractivity contribution >= 4 is 12.0 Å². The van der Waals surface area contributed by atoms with E-state index in [0.717, 1.165) is 0 Å². The molecule has 0 saturated carbocycles. The van der Waals surface area contributed by atoms with Crippen LogP contribution in [0.4, 0.5) is 4.79 Å². The third-order valence-electron chi connectivity index (χ3n) is 3.73. The van der Waals surface area contributed by atoms with Crippen LogP contribution in [0.1, 0.15) is 20.8 Å². The molecule has 1 aliphatic heterocycles. The molecule has 1 saturated heterocycles. The van der Waals surface area contributed by atoms with E-state index >= 15 is 0 Å². The summed E-state index contributed by atoms with van der Waals surface area (Å²) in [6.07, 6.45) is 0. The smallest absolute Gasteiger partial charge is 0.317 e. The van der Waals surface area contributed by atoms with Crippen LogP contribution in [0.25, 0.3) is 0 Å². The predicted octanol–water partition coefficient (Wildman–Crippen LogP) is 0.690. The third kappa shape index (κ3) is 5.46. The number of hydrogen-bond acceptors (Lipinski definition) is 3. The Labute approximate surface area is 114 Å². The highest BCUT2D eigenvalue weighted by molar-refractivity contribution is 5.74. The maximum Gasteiger partial charge on any atom is 0.317 e. The van der Waals surface area contributed by atoms with Gasteiger partial charge in [-0.1, -0.05) is 20.8 Å². The van der Waals surface area contributed by atoms with Gasteiger partial charge in [0.1, 0.15) is 0 Å². The Morgan fingerprint density at radius 3 is 2.21 bits per heavy atom. The molecule has 0 aliphatic carbocycles. The highest BCUT2D eigenvalue weighted by Crippen LogP contribution is 2.08. The summed E-state index contributed by atoms with van der Waals surface area (Å²) in [4.78, 5) is 26.1. The van der Waals surface area contributed by atoms with Gasteiger partial charge in [-0.3, -0.25) is 9.69 Å². The number of nitrogens with zero attached hydrogens (tertiary/aromatic N) is 2. The highest BCUT2D eigenvalue weighted by atomic mass is 16.4. The van der Waals surface area contributed by atoms with Gasteiger partial charge in [0.2, 0.25) is 0 Å². The lowest BCUT2D eigenvalue weighted by atomic mass is 9.98. The minimum absolute atomic E-state index is 0.0394. The molecule has 2 N–H and O–H groups in total. The number of carboxylic acids is 1. The van der Waals surface area contributed by atoms with Crippen LogP contribution in [0, 0.1) is 11.8 Å². The molecule has 6 heteroatoms. The SMILES string of the molecule is CC(C)C(C)CNC(=O)N1CCN(CC(=O)O)CC1. The number of nitrogens with one attached hydrogen (secondary N) is 1. The predicted molar refractivity (Wildman–Crippen MR) is 73.0 cm³/mol. The second-order valence-electron chi connectivity index (χ2n) is 5.56. The van der Waals surface area contributed by atoms with E-state index in [-0.39, 0.29) is 12.6 Å². The Balaban J connectivity index is 2.27. The first-order chi connectivity index (χ1) is 8.90. The molecule has 110 valence electrons. The van der Waals surface area contributed by atoms with Gasteiger partial charge in [0, 0.05) is 32.7 Å². The molecule has 0 bridgehead atoms. The van der Waals surface area contributed by atoms with E-state index in [1.807, 2.05) is 4.90 Å². The summed E-state index contributed by atoms with van der Waals surface area (Å²) in [5.41, 5.74) is 0. The van der Waals surface area contributed by atoms with Crippen molar-refractivity contribution in [3.8, 4) is 0 Å². The number of carboxylic acid groups (broad SMARTS) is 1. The number of piperazine rings is 1. The molecule has 0 aromatic rings. The van der Waals surface area contributed by atoms with Crippen LogP contribution < -0.4 is 5.32 Å². The topological polar surface area (TPSA) is 72.9 Å². The van der Waals surface area contributed by atoms with E-state index in [2.05, 4.69) is 26.1 Å². The molecule has 1 rings (SSSR count). The van der Waals surface area contributed by atoms with Gasteiger partial charge in [0.25, 0.3) is 0 Å². The Hall–Kier alpha value is -1.30. The van der Waals surface area contributed by atoms with Crippen molar-refractivity contribution < 1.29 is 14.7 Å². The molecule has 0 radical (unpaired) electrons. The summed E-state index contributed by atoms with van der Waals surface area (Å²) in [5, 5.41) is 11.6. The van der Waals surface area contributed by atoms with Gasteiger partial charge in [-0.15, -0.1) is 0 Å². The van der Waals surface area contributed by atoms with Gasteiger partial charge in [-0.25, -0.2) is 4.79 Å². The zero-order chi connectivity index (χ0) is 14.4. The fourth-order valence-electron chi connectivity index (χ4n) is 1.90. The van der Waals surface area contributed by atoms with Gasteiger partial charge in [0.15, 0.2) is 0 Å². The Morgan fingerprint density at radius 2 is 1.74 bits per heavy atom. The van der Waals surface area contributed by atoms with E-state index in [9.17, 15) is 9.59 Å². The molecular weight excluding hydrogens is 246 g/mol. The number of urea groups is 1. The van der Waals surface area contributed by atoms with E-state index in [1.165, 1.54) is 0 Å². The average molecular weight is 271 g/mol. The molecule has 1 heterocycles. The first-order valence-electron chi connectivity index (χ1n) is 6.87. The second-order valence-corrected chi connectivity index (χ2v) is 5.56. The summed E-state index contributed by atoms with van der Waals surface area (Å²) < 4.78 is 0. The van der Waals surface area contributed by atoms with Gasteiger partial charge >= 0.3 is 12.0 Å². The molecule has 6 nitrogen and oxygen atoms in total. The van der Waals surface area contributed by atoms with Crippen LogP contribution >= 0.6 is 0 Å². The lowest BCUT2D eigenvalue weighted by Gasteiger charge is -2.34. The van der Waals surface area contributed by atoms with Crippen molar-refractivity contribution in [3.63, 3.8) is 0 Å². The van der Waals surface area contributed by atoms with Crippen molar-refractivity contribution in [1.82, 2.24) is 15.1 Å². The summed E-state index contributed by atoms with van der Waals surface area (Å²) in [6.45, 7) is 9.58. The molecule has 0 aromatic heterocycles. The number of carbonyl (C=O) groups excluding carboxylic acids is 1. The van der Waals surface area contributed by atoms with Crippen LogP contribution in [0.5, 0.6) is 0 Å². The van der Waals surface area contributed by atoms with Crippen molar-refractivity contribution in [2.75, 3.05) is 39.3 Å². The van der Waals surface area contributed by atoms with E-state index in [1.54, 1.807) is 4.90 Å². The normalized spacial score (nSPS) is 18.4. The average Bonchev–Trinajstić information content (AvgIpc) is 2.35. The lowest BCUT2D eigenvalue weighted by molar-refractivity contribution is -0.138. The summed E-state index contributed by atoms with van der Waals surface area (Å²) in [7, 11) is 0. The summed E-state index contributed by atoms with van der Waals surface area (Å²) in [5.74, 6) is 0.189. The molecule has 1 aliphatic rings. The molecule has 1 unspecified atom stereocenters. The van der Waals surface area contributed by atoms with Crippen LogP contribution in [-0.4, -0.2) is 66.2 Å². The van der Waals surface area contributed by atoms with Gasteiger partial charge < -0.3 is 15.3 Å². The maximum atomic E-state index is 11.9. The van der Waals surface area contributed by atoms with Crippen molar-refractivity contribution in [2.45, 2.75) is 20.8 Å². The minimum atomic E-state index is -0.816. The monoisotopic (exact) mass is 271 g/mol. The third-order valence-corrected chi connectivity index (χ3v) is 3.73. The Kier molecular flexibility index (Phi) is 6.08. The van der Waals surface area contributed by atoms with Crippen LogP contribution in [-0.2, 0) is 4.79 Å². The highest BCUT2D eigenvalue weighted by Gasteiger charge is 2.22. The maximum absolute atomic E-state index is 11.9. The first-order valence-corrected chi connectivity index (χ1v) is 6.87. The summed E-state index contributed by atoms with van der Waals surface area (Å²) >= 11 is 0. The Bertz CT molecular complexity index is 312. The number of carbonyl (C=O) groups is 2. The largest absolute Gasteiger partial charge is 0.480 e. The van der Waals surface area contributed by atoms with Gasteiger partial charge in [-0.05, 0) is 11.8 Å². The number of aliphatic carboxylic acids is 1. The second kappa shape index (κ2) is 7.33. The van der Waals surface area contributed by atoms with Crippen LogP contribution in [0.3, 0.4) is 0 Å². The number of rotatable bonds is 5. The molecule has 19 heavy (non-hydrogen) atoms. The zero-order valence-electron chi connectivity index (χ0n) is 12.1. The molecule has 0 spiro atoms. The Morgan fingerprint density at radius 1 is 1.16 bits per heavy atom. The van der Waals surface area contributed by atoms with Crippen LogP contribution in [0.2, 0.25) is 0 Å². The van der Waals surface area contributed by atoms with E-state index in [0.29, 0.717) is 44.6 Å². The molecule has 2 amide bonds. The minimum Gasteiger partial charge on any atom is -0.480 e. The van der Waals surface area contributed by atoms with Crippen LogP contribution in [0.15, 0.2) is 0 Å². The molecular formula is C13H25N3O3. The van der Waals surface area contributed by atoms with E-state index < -0.39 is 5.97 Å². The summed E-state index contributed by atoms with van der Waals surface area (Å²) in [6, 6.07) is -0.0394. The quantitative estimate of drug-likeness (QED) is 0.771. The van der Waals surface area contributed by atoms with Gasteiger partial charge in [0.05, 0.1) is 6.54 Å². The lowest BCUT2D eigenvalue weighted by Crippen LogP contribution is -2.53. The molecule has 1 atom stereocenters. The van der Waals surface area contributed by atoms with Crippen molar-refractivity contribution in [1.29, 1.82) is 0 Å². The molecule has 1 fully saturated rings. The number of hydrogen-bond donors (Lipinski definition) is 2. The standard InChI is InChI=1S/C13H25N3O3/c1-10(2)11(3)8-14-13(19)16-6-4-15(5-7-16)9-12(17)18/h10-11H,4-9H2,1-3H3,(H,14,19)(H,17,18). The zero-order valence-corrected chi connectivity index (χ0v) is 12.1. The fourth-order valence-corrected chi connectivity index (χ4v) is 1.90. The first kappa shape index (κ1) is 15.8.